The molecule has 0 aliphatic rings. The molecule has 2 N–H and O–H groups in total. The molecule has 0 aromatic carbocycles. The number of hydrogen-bond donors (Lipinski definition) is 1. The lowest BCUT2D eigenvalue weighted by Gasteiger charge is -1.87. The van der Waals surface area contributed by atoms with Gasteiger partial charge in [-0.1, -0.05) is 17.7 Å². The van der Waals surface area contributed by atoms with Crippen LogP contribution in [0.15, 0.2) is 48.9 Å². The van der Waals surface area contributed by atoms with Crippen molar-refractivity contribution in [2.75, 3.05) is 5.73 Å². The number of hydrogen-bond acceptors (Lipinski definition) is 3. The molecule has 2 rings (SSSR count). The van der Waals surface area contributed by atoms with Gasteiger partial charge in [0.15, 0.2) is 0 Å². The fourth-order valence-electron chi connectivity index (χ4n) is 0.700. The van der Waals surface area contributed by atoms with Crippen LogP contribution >= 0.6 is 11.6 Å². The highest BCUT2D eigenvalue weighted by Gasteiger charge is 1.83. The zero-order chi connectivity index (χ0) is 10.2. The molecule has 2 heterocycles. The lowest BCUT2D eigenvalue weighted by atomic mass is 10.5. The van der Waals surface area contributed by atoms with Gasteiger partial charge in [-0.15, -0.1) is 0 Å². The van der Waals surface area contributed by atoms with E-state index >= 15 is 0 Å². The molecule has 0 bridgehead atoms. The number of nitrogen functional groups attached to an aromatic ring is 1. The fourth-order valence-corrected chi connectivity index (χ4v) is 0.812. The molecule has 14 heavy (non-hydrogen) atoms. The maximum atomic E-state index is 5.49. The van der Waals surface area contributed by atoms with E-state index in [2.05, 4.69) is 9.97 Å². The minimum Gasteiger partial charge on any atom is -0.384 e. The Labute approximate surface area is 87.6 Å². The van der Waals surface area contributed by atoms with Crippen molar-refractivity contribution >= 4 is 17.4 Å². The predicted octanol–water partition coefficient (Wildman–Crippen LogP) is 2.40. The van der Waals surface area contributed by atoms with Gasteiger partial charge in [0.05, 0.1) is 5.02 Å². The smallest absolute Gasteiger partial charge is 0.123 e. The fraction of sp³-hybridized carbons (Fsp3) is 0. The second-order valence-electron chi connectivity index (χ2n) is 2.43. The largest absolute Gasteiger partial charge is 0.384 e. The molecule has 0 unspecified atom stereocenters. The summed E-state index contributed by atoms with van der Waals surface area (Å²) in [6.07, 6.45) is 5.01. The van der Waals surface area contributed by atoms with Gasteiger partial charge in [-0.05, 0) is 24.3 Å². The molecule has 0 radical (unpaired) electrons. The summed E-state index contributed by atoms with van der Waals surface area (Å²) in [5.74, 6) is 0.495. The van der Waals surface area contributed by atoms with Crippen molar-refractivity contribution in [2.24, 2.45) is 0 Å². The van der Waals surface area contributed by atoms with E-state index in [-0.39, 0.29) is 0 Å². The second kappa shape index (κ2) is 5.94. The third kappa shape index (κ3) is 4.42. The van der Waals surface area contributed by atoms with Crippen LogP contribution in [0.4, 0.5) is 5.82 Å². The molecule has 4 heteroatoms. The van der Waals surface area contributed by atoms with E-state index in [9.17, 15) is 0 Å². The number of halogens is 1. The van der Waals surface area contributed by atoms with Gasteiger partial charge in [0.2, 0.25) is 0 Å². The lowest BCUT2D eigenvalue weighted by Crippen LogP contribution is -1.86. The number of pyridine rings is 2. The van der Waals surface area contributed by atoms with Crippen LogP contribution in [0.1, 0.15) is 0 Å². The molecule has 0 aliphatic carbocycles. The monoisotopic (exact) mass is 207 g/mol. The van der Waals surface area contributed by atoms with Crippen LogP contribution in [0.25, 0.3) is 0 Å². The van der Waals surface area contributed by atoms with Gasteiger partial charge < -0.3 is 5.73 Å². The van der Waals surface area contributed by atoms with Crippen LogP contribution in [-0.4, -0.2) is 9.97 Å². The number of anilines is 1. The standard InChI is InChI=1S/C5H5ClN2.C5H5N/c6-4-1-2-5(7)8-3-4;1-2-4-6-5-3-1/h1-3H,(H2,7,8);1-5H. The Bertz CT molecular complexity index is 300. The molecular formula is C10H10ClN3. The topological polar surface area (TPSA) is 51.8 Å². The maximum absolute atomic E-state index is 5.49. The minimum atomic E-state index is 0.495. The Morgan fingerprint density at radius 2 is 1.79 bits per heavy atom. The van der Waals surface area contributed by atoms with Gasteiger partial charge >= 0.3 is 0 Å². The van der Waals surface area contributed by atoms with E-state index in [1.165, 1.54) is 6.20 Å². The molecular weight excluding hydrogens is 198 g/mol. The van der Waals surface area contributed by atoms with E-state index in [0.29, 0.717) is 10.8 Å². The second-order valence-corrected chi connectivity index (χ2v) is 2.86. The Hall–Kier alpha value is -1.61. The molecule has 0 amide bonds. The summed E-state index contributed by atoms with van der Waals surface area (Å²) in [6.45, 7) is 0. The van der Waals surface area contributed by atoms with Crippen LogP contribution in [0.5, 0.6) is 0 Å². The molecule has 0 fully saturated rings. The van der Waals surface area contributed by atoms with E-state index in [1.54, 1.807) is 24.5 Å². The van der Waals surface area contributed by atoms with Gasteiger partial charge in [0.25, 0.3) is 0 Å². The Morgan fingerprint density at radius 3 is 2.07 bits per heavy atom. The summed E-state index contributed by atoms with van der Waals surface area (Å²) < 4.78 is 0. The van der Waals surface area contributed by atoms with Gasteiger partial charge in [0, 0.05) is 18.6 Å². The van der Waals surface area contributed by atoms with Crippen molar-refractivity contribution in [2.45, 2.75) is 0 Å². The number of nitrogens with zero attached hydrogens (tertiary/aromatic N) is 2. The molecule has 0 spiro atoms. The summed E-state index contributed by atoms with van der Waals surface area (Å²) in [6, 6.07) is 9.07. The molecule has 2 aromatic heterocycles. The maximum Gasteiger partial charge on any atom is 0.123 e. The third-order valence-electron chi connectivity index (χ3n) is 1.32. The zero-order valence-corrected chi connectivity index (χ0v) is 8.22. The van der Waals surface area contributed by atoms with Crippen molar-refractivity contribution in [3.05, 3.63) is 53.9 Å². The molecule has 0 aliphatic heterocycles. The molecule has 0 saturated carbocycles. The molecule has 2 aromatic rings. The van der Waals surface area contributed by atoms with Gasteiger partial charge in [-0.3, -0.25) is 4.98 Å². The van der Waals surface area contributed by atoms with Crippen molar-refractivity contribution in [3.8, 4) is 0 Å². The summed E-state index contributed by atoms with van der Waals surface area (Å²) in [7, 11) is 0. The molecule has 3 nitrogen and oxygen atoms in total. The van der Waals surface area contributed by atoms with Crippen LogP contribution in [0, 0.1) is 0 Å². The van der Waals surface area contributed by atoms with Crippen LogP contribution in [-0.2, 0) is 0 Å². The summed E-state index contributed by atoms with van der Waals surface area (Å²) in [4.78, 5) is 7.51. The summed E-state index contributed by atoms with van der Waals surface area (Å²) >= 11 is 5.49. The number of rotatable bonds is 0. The van der Waals surface area contributed by atoms with Gasteiger partial charge in [-0.25, -0.2) is 4.98 Å². The zero-order valence-electron chi connectivity index (χ0n) is 7.47. The van der Waals surface area contributed by atoms with Crippen molar-refractivity contribution in [1.82, 2.24) is 9.97 Å². The summed E-state index contributed by atoms with van der Waals surface area (Å²) in [5, 5.41) is 0.610. The highest BCUT2D eigenvalue weighted by atomic mass is 35.5. The Kier molecular flexibility index (Phi) is 4.44. The van der Waals surface area contributed by atoms with Crippen LogP contribution in [0.2, 0.25) is 5.02 Å². The first-order valence-electron chi connectivity index (χ1n) is 4.01. The predicted molar refractivity (Wildman–Crippen MR) is 57.9 cm³/mol. The average molecular weight is 208 g/mol. The normalized spacial score (nSPS) is 8.64. The average Bonchev–Trinajstić information content (AvgIpc) is 2.26. The first kappa shape index (κ1) is 10.5. The molecule has 0 atom stereocenters. The minimum absolute atomic E-state index is 0.495. The first-order chi connectivity index (χ1) is 6.79. The van der Waals surface area contributed by atoms with Crippen molar-refractivity contribution in [1.29, 1.82) is 0 Å². The number of aromatic nitrogens is 2. The Morgan fingerprint density at radius 1 is 1.07 bits per heavy atom. The third-order valence-corrected chi connectivity index (χ3v) is 1.54. The highest BCUT2D eigenvalue weighted by molar-refractivity contribution is 6.30. The lowest BCUT2D eigenvalue weighted by molar-refractivity contribution is 1.33. The van der Waals surface area contributed by atoms with E-state index in [1.807, 2.05) is 18.2 Å². The molecule has 0 saturated heterocycles. The SMILES string of the molecule is Nc1ccc(Cl)cn1.c1ccncc1. The summed E-state index contributed by atoms with van der Waals surface area (Å²) in [5.41, 5.74) is 5.26. The van der Waals surface area contributed by atoms with E-state index < -0.39 is 0 Å². The highest BCUT2D eigenvalue weighted by Crippen LogP contribution is 2.05. The van der Waals surface area contributed by atoms with Crippen molar-refractivity contribution < 1.29 is 0 Å². The van der Waals surface area contributed by atoms with E-state index in [0.717, 1.165) is 0 Å². The van der Waals surface area contributed by atoms with Gasteiger partial charge in [0.1, 0.15) is 5.82 Å². The van der Waals surface area contributed by atoms with E-state index in [4.69, 9.17) is 17.3 Å². The van der Waals surface area contributed by atoms with Crippen LogP contribution in [0.3, 0.4) is 0 Å². The Balaban J connectivity index is 0.000000146. The van der Waals surface area contributed by atoms with Crippen LogP contribution < -0.4 is 5.73 Å². The first-order valence-corrected chi connectivity index (χ1v) is 4.39. The van der Waals surface area contributed by atoms with Crippen molar-refractivity contribution in [3.63, 3.8) is 0 Å². The van der Waals surface area contributed by atoms with Gasteiger partial charge in [-0.2, -0.15) is 0 Å². The molecule has 72 valence electrons. The number of nitrogens with two attached hydrogens (primary N) is 1. The quantitative estimate of drug-likeness (QED) is 0.722.